The molecule has 4 rings (SSSR count). The molecule has 0 aliphatic carbocycles. The molecule has 0 atom stereocenters. The van der Waals surface area contributed by atoms with Crippen molar-refractivity contribution in [2.75, 3.05) is 5.43 Å². The quantitative estimate of drug-likeness (QED) is 0.241. The van der Waals surface area contributed by atoms with E-state index in [9.17, 15) is 0 Å². The van der Waals surface area contributed by atoms with Crippen molar-refractivity contribution in [3.63, 3.8) is 0 Å². The van der Waals surface area contributed by atoms with E-state index in [1.54, 1.807) is 11.3 Å². The van der Waals surface area contributed by atoms with Crippen LogP contribution in [0.4, 0.5) is 5.13 Å². The summed E-state index contributed by atoms with van der Waals surface area (Å²) < 4.78 is 5.85. The van der Waals surface area contributed by atoms with Gasteiger partial charge in [0.05, 0.1) is 11.4 Å². The number of aromatic nitrogens is 1. The second-order valence-corrected chi connectivity index (χ2v) is 8.61. The maximum Gasteiger partial charge on any atom is 0.204 e. The van der Waals surface area contributed by atoms with Gasteiger partial charge in [0.1, 0.15) is 12.4 Å². The minimum absolute atomic E-state index is 0.431. The van der Waals surface area contributed by atoms with Gasteiger partial charge in [0, 0.05) is 21.0 Å². The average Bonchev–Trinajstić information content (AvgIpc) is 3.18. The molecule has 156 valence electrons. The second kappa shape index (κ2) is 9.77. The molecule has 1 N–H and O–H groups in total. The number of hydrogen-bond donors (Lipinski definition) is 1. The van der Waals surface area contributed by atoms with Gasteiger partial charge in [-0.15, -0.1) is 11.3 Å². The molecule has 6 heteroatoms. The van der Waals surface area contributed by atoms with E-state index in [-0.39, 0.29) is 0 Å². The van der Waals surface area contributed by atoms with Gasteiger partial charge in [0.15, 0.2) is 0 Å². The zero-order valence-electron chi connectivity index (χ0n) is 17.3. The van der Waals surface area contributed by atoms with E-state index < -0.39 is 0 Å². The number of anilines is 1. The molecule has 1 heterocycles. The van der Waals surface area contributed by atoms with Gasteiger partial charge in [-0.3, -0.25) is 5.43 Å². The zero-order chi connectivity index (χ0) is 21.6. The fraction of sp³-hybridized carbons (Fsp3) is 0.120. The highest BCUT2D eigenvalue weighted by Crippen LogP contribution is 2.30. The molecule has 0 unspecified atom stereocenters. The lowest BCUT2D eigenvalue weighted by Crippen LogP contribution is -2.00. The Morgan fingerprint density at radius 2 is 1.71 bits per heavy atom. The van der Waals surface area contributed by atoms with Crippen molar-refractivity contribution in [1.82, 2.24) is 4.98 Å². The van der Waals surface area contributed by atoms with Crippen LogP contribution in [-0.2, 0) is 6.61 Å². The van der Waals surface area contributed by atoms with Gasteiger partial charge in [0.25, 0.3) is 0 Å². The van der Waals surface area contributed by atoms with E-state index in [4.69, 9.17) is 16.3 Å². The van der Waals surface area contributed by atoms with Crippen molar-refractivity contribution in [3.8, 4) is 17.0 Å². The van der Waals surface area contributed by atoms with Crippen molar-refractivity contribution in [1.29, 1.82) is 0 Å². The summed E-state index contributed by atoms with van der Waals surface area (Å²) in [4.78, 5) is 5.84. The fourth-order valence-corrected chi connectivity index (χ4v) is 4.04. The van der Waals surface area contributed by atoms with Crippen molar-refractivity contribution >= 4 is 33.8 Å². The van der Waals surface area contributed by atoms with Crippen LogP contribution < -0.4 is 10.2 Å². The molecule has 0 fully saturated rings. The first-order valence-corrected chi connectivity index (χ1v) is 11.1. The summed E-state index contributed by atoms with van der Waals surface area (Å²) in [5.74, 6) is 0.785. The Morgan fingerprint density at radius 3 is 2.45 bits per heavy atom. The van der Waals surface area contributed by atoms with Crippen molar-refractivity contribution in [2.45, 2.75) is 20.5 Å². The third kappa shape index (κ3) is 5.32. The van der Waals surface area contributed by atoms with Gasteiger partial charge in [-0.1, -0.05) is 60.1 Å². The number of nitrogens with one attached hydrogen (secondary N) is 1. The number of thiazole rings is 1. The molecule has 0 amide bonds. The maximum absolute atomic E-state index is 6.18. The number of benzene rings is 3. The van der Waals surface area contributed by atoms with Crippen LogP contribution in [0.5, 0.6) is 5.75 Å². The minimum Gasteiger partial charge on any atom is -0.489 e. The summed E-state index contributed by atoms with van der Waals surface area (Å²) in [5.41, 5.74) is 8.02. The molecule has 0 saturated heterocycles. The first kappa shape index (κ1) is 21.1. The summed E-state index contributed by atoms with van der Waals surface area (Å²) >= 11 is 7.78. The van der Waals surface area contributed by atoms with E-state index in [1.165, 1.54) is 0 Å². The summed E-state index contributed by atoms with van der Waals surface area (Å²) in [5, 5.41) is 5.99. The number of rotatable bonds is 7. The van der Waals surface area contributed by atoms with Crippen LogP contribution in [0.25, 0.3) is 11.3 Å². The van der Waals surface area contributed by atoms with Crippen LogP contribution in [0.2, 0.25) is 5.02 Å². The monoisotopic (exact) mass is 447 g/mol. The lowest BCUT2D eigenvalue weighted by atomic mass is 10.1. The predicted octanol–water partition coefficient (Wildman–Crippen LogP) is 7.19. The highest BCUT2D eigenvalue weighted by molar-refractivity contribution is 7.16. The molecular formula is C25H22ClN3OS. The number of aryl methyl sites for hydroxylation is 1. The van der Waals surface area contributed by atoms with Crippen molar-refractivity contribution < 1.29 is 4.74 Å². The first-order valence-electron chi connectivity index (χ1n) is 9.90. The molecule has 31 heavy (non-hydrogen) atoms. The summed E-state index contributed by atoms with van der Waals surface area (Å²) in [6.07, 6.45) is 0. The Labute approximate surface area is 191 Å². The van der Waals surface area contributed by atoms with Crippen LogP contribution in [0.1, 0.15) is 22.9 Å². The number of hydrazone groups is 1. The average molecular weight is 448 g/mol. The molecule has 3 aromatic carbocycles. The molecular weight excluding hydrogens is 426 g/mol. The lowest BCUT2D eigenvalue weighted by molar-refractivity contribution is 0.306. The number of nitrogens with zero attached hydrogens (tertiary/aromatic N) is 2. The standard InChI is InChI=1S/C25H22ClN3OS/c1-17(28-29-25-27-24(18(2)31-25)20-8-4-3-5-9-20)19-12-14-22(15-13-19)30-16-21-10-6-7-11-23(21)26/h3-15H,16H2,1-2H3,(H,27,29)/b28-17-. The SMILES string of the molecule is C/C(=N/Nc1nc(-c2ccccc2)c(C)s1)c1ccc(OCc2ccccc2Cl)cc1. The van der Waals surface area contributed by atoms with Crippen molar-refractivity contribution in [3.05, 3.63) is 99.9 Å². The smallest absolute Gasteiger partial charge is 0.204 e. The Bertz CT molecular complexity index is 1190. The van der Waals surface area contributed by atoms with E-state index >= 15 is 0 Å². The highest BCUT2D eigenvalue weighted by atomic mass is 35.5. The normalized spacial score (nSPS) is 11.4. The van der Waals surface area contributed by atoms with Crippen LogP contribution in [0.15, 0.2) is 84.0 Å². The van der Waals surface area contributed by atoms with Crippen LogP contribution in [0.3, 0.4) is 0 Å². The number of halogens is 1. The Balaban J connectivity index is 1.39. The first-order chi connectivity index (χ1) is 15.1. The molecule has 4 nitrogen and oxygen atoms in total. The molecule has 0 bridgehead atoms. The van der Waals surface area contributed by atoms with E-state index in [0.29, 0.717) is 11.6 Å². The molecule has 0 spiro atoms. The number of hydrogen-bond acceptors (Lipinski definition) is 5. The fourth-order valence-electron chi connectivity index (χ4n) is 3.07. The van der Waals surface area contributed by atoms with Crippen molar-refractivity contribution in [2.24, 2.45) is 5.10 Å². The summed E-state index contributed by atoms with van der Waals surface area (Å²) in [7, 11) is 0. The Morgan fingerprint density at radius 1 is 1.00 bits per heavy atom. The largest absolute Gasteiger partial charge is 0.489 e. The van der Waals surface area contributed by atoms with E-state index in [1.807, 2.05) is 73.7 Å². The molecule has 0 aliphatic heterocycles. The van der Waals surface area contributed by atoms with Crippen LogP contribution in [0, 0.1) is 6.92 Å². The Hall–Kier alpha value is -3.15. The Kier molecular flexibility index (Phi) is 6.65. The zero-order valence-corrected chi connectivity index (χ0v) is 18.9. The number of ether oxygens (including phenoxy) is 1. The third-order valence-corrected chi connectivity index (χ3v) is 6.03. The predicted molar refractivity (Wildman–Crippen MR) is 130 cm³/mol. The molecule has 0 radical (unpaired) electrons. The van der Waals surface area contributed by atoms with E-state index in [0.717, 1.165) is 43.9 Å². The molecule has 1 aromatic heterocycles. The van der Waals surface area contributed by atoms with Gasteiger partial charge in [-0.05, 0) is 49.7 Å². The topological polar surface area (TPSA) is 46.5 Å². The van der Waals surface area contributed by atoms with Crippen LogP contribution >= 0.6 is 22.9 Å². The molecule has 0 aliphatic rings. The van der Waals surface area contributed by atoms with E-state index in [2.05, 4.69) is 34.6 Å². The van der Waals surface area contributed by atoms with Gasteiger partial charge in [-0.25, -0.2) is 4.98 Å². The molecule has 4 aromatic rings. The van der Waals surface area contributed by atoms with Gasteiger partial charge >= 0.3 is 0 Å². The lowest BCUT2D eigenvalue weighted by Gasteiger charge is -2.08. The second-order valence-electron chi connectivity index (χ2n) is 7.00. The minimum atomic E-state index is 0.431. The summed E-state index contributed by atoms with van der Waals surface area (Å²) in [6.45, 7) is 4.47. The van der Waals surface area contributed by atoms with Gasteiger partial charge in [-0.2, -0.15) is 5.10 Å². The van der Waals surface area contributed by atoms with Crippen LogP contribution in [-0.4, -0.2) is 10.7 Å². The summed E-state index contributed by atoms with van der Waals surface area (Å²) in [6, 6.07) is 25.7. The molecule has 0 saturated carbocycles. The van der Waals surface area contributed by atoms with Gasteiger partial charge < -0.3 is 4.74 Å². The highest BCUT2D eigenvalue weighted by Gasteiger charge is 2.09. The van der Waals surface area contributed by atoms with Gasteiger partial charge in [0.2, 0.25) is 5.13 Å². The third-order valence-electron chi connectivity index (χ3n) is 4.79. The maximum atomic E-state index is 6.18.